The van der Waals surface area contributed by atoms with Gasteiger partial charge in [0.25, 0.3) is 0 Å². The predicted octanol–water partition coefficient (Wildman–Crippen LogP) is 6.36. The molecule has 0 heterocycles. The lowest BCUT2D eigenvalue weighted by atomic mass is 9.84. The topological polar surface area (TPSA) is 81.2 Å². The smallest absolute Gasteiger partial charge is 0.339 e. The third-order valence-corrected chi connectivity index (χ3v) is 6.17. The van der Waals surface area contributed by atoms with Crippen molar-refractivity contribution >= 4 is 17.9 Å². The van der Waals surface area contributed by atoms with E-state index in [0.717, 1.165) is 11.3 Å². The van der Waals surface area contributed by atoms with Gasteiger partial charge >= 0.3 is 6.03 Å². The third kappa shape index (κ3) is 7.50. The molecule has 2 N–H and O–H groups in total. The molecule has 36 heavy (non-hydrogen) atoms. The number of carbonyl (C=O) groups is 1. The summed E-state index contributed by atoms with van der Waals surface area (Å²) in [5, 5.41) is 6.68. The van der Waals surface area contributed by atoms with Crippen LogP contribution in [0.1, 0.15) is 49.1 Å². The second kappa shape index (κ2) is 13.2. The lowest BCUT2D eigenvalue weighted by Gasteiger charge is -2.22. The van der Waals surface area contributed by atoms with Crippen LogP contribution in [0.3, 0.4) is 0 Å². The molecule has 0 aliphatic heterocycles. The predicted molar refractivity (Wildman–Crippen MR) is 142 cm³/mol. The Morgan fingerprint density at radius 3 is 2.42 bits per heavy atom. The highest BCUT2D eigenvalue weighted by atomic mass is 16.5. The Bertz CT molecular complexity index is 1130. The van der Waals surface area contributed by atoms with E-state index in [4.69, 9.17) is 14.2 Å². The van der Waals surface area contributed by atoms with Crippen molar-refractivity contribution in [3.63, 3.8) is 0 Å². The van der Waals surface area contributed by atoms with Crippen molar-refractivity contribution < 1.29 is 19.0 Å². The van der Waals surface area contributed by atoms with Crippen LogP contribution in [0.5, 0.6) is 17.2 Å². The number of benzene rings is 3. The van der Waals surface area contributed by atoms with Gasteiger partial charge in [-0.05, 0) is 72.4 Å². The molecule has 1 aliphatic rings. The number of hydrazone groups is 1. The van der Waals surface area contributed by atoms with E-state index in [1.165, 1.54) is 43.9 Å². The standard InChI is InChI=1S/C29H33N3O4/c1-34-28-20-22(21-30-32-29(33)31-25-10-6-3-7-11-25)12-17-27(28)36-19-18-35-26-15-13-24(14-16-26)23-8-4-2-5-9-23/h3,6-7,10-17,20-21,23H,2,4-5,8-9,18-19H2,1H3,(H2,31,32,33)/b30-21-. The zero-order valence-electron chi connectivity index (χ0n) is 20.6. The molecule has 1 aliphatic carbocycles. The van der Waals surface area contributed by atoms with Crippen LogP contribution in [0, 0.1) is 0 Å². The number of nitrogens with zero attached hydrogens (tertiary/aromatic N) is 1. The molecule has 7 nitrogen and oxygen atoms in total. The highest BCUT2D eigenvalue weighted by molar-refractivity contribution is 5.90. The molecule has 4 rings (SSSR count). The molecule has 188 valence electrons. The number of anilines is 1. The van der Waals surface area contributed by atoms with E-state index in [1.807, 2.05) is 42.5 Å². The molecular formula is C29H33N3O4. The fourth-order valence-corrected chi connectivity index (χ4v) is 4.31. The van der Waals surface area contributed by atoms with Crippen LogP contribution in [0.25, 0.3) is 0 Å². The molecule has 0 saturated heterocycles. The molecule has 0 unspecified atom stereocenters. The molecule has 3 aromatic rings. The first-order chi connectivity index (χ1) is 17.7. The molecule has 2 amide bonds. The third-order valence-electron chi connectivity index (χ3n) is 6.17. The Balaban J connectivity index is 1.21. The summed E-state index contributed by atoms with van der Waals surface area (Å²) < 4.78 is 17.2. The van der Waals surface area contributed by atoms with E-state index in [0.29, 0.717) is 36.3 Å². The average Bonchev–Trinajstić information content (AvgIpc) is 2.93. The first-order valence-electron chi connectivity index (χ1n) is 12.4. The van der Waals surface area contributed by atoms with E-state index in [2.05, 4.69) is 28.0 Å². The number of amides is 2. The number of para-hydroxylation sites is 1. The number of ether oxygens (including phenoxy) is 3. The number of rotatable bonds is 10. The average molecular weight is 488 g/mol. The lowest BCUT2D eigenvalue weighted by Crippen LogP contribution is -2.24. The number of nitrogens with one attached hydrogen (secondary N) is 2. The minimum Gasteiger partial charge on any atom is -0.493 e. The Morgan fingerprint density at radius 2 is 1.67 bits per heavy atom. The monoisotopic (exact) mass is 487 g/mol. The summed E-state index contributed by atoms with van der Waals surface area (Å²) in [5.74, 6) is 2.73. The van der Waals surface area contributed by atoms with Crippen LogP contribution in [0.15, 0.2) is 77.9 Å². The molecule has 0 bridgehead atoms. The number of methoxy groups -OCH3 is 1. The van der Waals surface area contributed by atoms with Gasteiger partial charge in [0.2, 0.25) is 0 Å². The zero-order valence-corrected chi connectivity index (χ0v) is 20.6. The van der Waals surface area contributed by atoms with Crippen LogP contribution in [0.2, 0.25) is 0 Å². The molecule has 1 fully saturated rings. The summed E-state index contributed by atoms with van der Waals surface area (Å²) in [6.07, 6.45) is 8.16. The summed E-state index contributed by atoms with van der Waals surface area (Å²) in [4.78, 5) is 11.9. The van der Waals surface area contributed by atoms with Gasteiger partial charge in [0.05, 0.1) is 13.3 Å². The summed E-state index contributed by atoms with van der Waals surface area (Å²) in [5.41, 5.74) is 5.30. The van der Waals surface area contributed by atoms with E-state index >= 15 is 0 Å². The summed E-state index contributed by atoms with van der Waals surface area (Å²) in [6.45, 7) is 0.810. The van der Waals surface area contributed by atoms with Gasteiger partial charge in [-0.1, -0.05) is 49.6 Å². The highest BCUT2D eigenvalue weighted by Crippen LogP contribution is 2.33. The Labute approximate surface area is 212 Å². The van der Waals surface area contributed by atoms with E-state index < -0.39 is 6.03 Å². The van der Waals surface area contributed by atoms with Crippen molar-refractivity contribution in [2.24, 2.45) is 5.10 Å². The van der Waals surface area contributed by atoms with E-state index in [1.54, 1.807) is 25.3 Å². The number of hydrogen-bond acceptors (Lipinski definition) is 5. The zero-order chi connectivity index (χ0) is 25.0. The molecule has 0 radical (unpaired) electrons. The molecule has 0 spiro atoms. The van der Waals surface area contributed by atoms with Gasteiger partial charge in [0.1, 0.15) is 19.0 Å². The normalized spacial score (nSPS) is 13.8. The largest absolute Gasteiger partial charge is 0.493 e. The first-order valence-corrected chi connectivity index (χ1v) is 12.4. The van der Waals surface area contributed by atoms with Crippen molar-refractivity contribution in [1.29, 1.82) is 0 Å². The number of hydrogen-bond donors (Lipinski definition) is 2. The SMILES string of the molecule is COc1cc(/C=N\NC(=O)Nc2ccccc2)ccc1OCCOc1ccc(C2CCCCC2)cc1. The Kier molecular flexibility index (Phi) is 9.19. The van der Waals surface area contributed by atoms with Crippen LogP contribution in [-0.2, 0) is 0 Å². The first kappa shape index (κ1) is 25.1. The molecule has 1 saturated carbocycles. The molecule has 3 aromatic carbocycles. The van der Waals surface area contributed by atoms with Crippen LogP contribution >= 0.6 is 0 Å². The van der Waals surface area contributed by atoms with Crippen molar-refractivity contribution in [2.75, 3.05) is 25.6 Å². The van der Waals surface area contributed by atoms with Crippen molar-refractivity contribution in [2.45, 2.75) is 38.0 Å². The molecule has 0 aromatic heterocycles. The fourth-order valence-electron chi connectivity index (χ4n) is 4.31. The molecular weight excluding hydrogens is 454 g/mol. The quantitative estimate of drug-likeness (QED) is 0.198. The van der Waals surface area contributed by atoms with Crippen LogP contribution in [0.4, 0.5) is 10.5 Å². The summed E-state index contributed by atoms with van der Waals surface area (Å²) in [6, 6.07) is 22.7. The minimum atomic E-state index is -0.423. The second-order valence-electron chi connectivity index (χ2n) is 8.70. The summed E-state index contributed by atoms with van der Waals surface area (Å²) in [7, 11) is 1.58. The van der Waals surface area contributed by atoms with Gasteiger partial charge in [-0.2, -0.15) is 5.10 Å². The fraction of sp³-hybridized carbons (Fsp3) is 0.310. The molecule has 7 heteroatoms. The maximum Gasteiger partial charge on any atom is 0.339 e. The van der Waals surface area contributed by atoms with Gasteiger partial charge in [0, 0.05) is 5.69 Å². The second-order valence-corrected chi connectivity index (χ2v) is 8.70. The lowest BCUT2D eigenvalue weighted by molar-refractivity contribution is 0.211. The van der Waals surface area contributed by atoms with Crippen LogP contribution in [-0.4, -0.2) is 32.6 Å². The van der Waals surface area contributed by atoms with Crippen molar-refractivity contribution in [3.8, 4) is 17.2 Å². The van der Waals surface area contributed by atoms with Gasteiger partial charge < -0.3 is 19.5 Å². The maximum absolute atomic E-state index is 11.9. The Hall–Kier alpha value is -4.00. The van der Waals surface area contributed by atoms with Gasteiger partial charge in [0.15, 0.2) is 11.5 Å². The van der Waals surface area contributed by atoms with Gasteiger partial charge in [-0.25, -0.2) is 10.2 Å². The van der Waals surface area contributed by atoms with Gasteiger partial charge in [-0.15, -0.1) is 0 Å². The van der Waals surface area contributed by atoms with Crippen molar-refractivity contribution in [3.05, 3.63) is 83.9 Å². The molecule has 0 atom stereocenters. The maximum atomic E-state index is 11.9. The van der Waals surface area contributed by atoms with Gasteiger partial charge in [-0.3, -0.25) is 0 Å². The van der Waals surface area contributed by atoms with Crippen molar-refractivity contribution in [1.82, 2.24) is 5.43 Å². The van der Waals surface area contributed by atoms with E-state index in [9.17, 15) is 4.79 Å². The number of carbonyl (C=O) groups excluding carboxylic acids is 1. The van der Waals surface area contributed by atoms with Crippen LogP contribution < -0.4 is 25.0 Å². The minimum absolute atomic E-state index is 0.384. The highest BCUT2D eigenvalue weighted by Gasteiger charge is 2.15. The van der Waals surface area contributed by atoms with E-state index in [-0.39, 0.29) is 0 Å². The Morgan fingerprint density at radius 1 is 0.917 bits per heavy atom. The summed E-state index contributed by atoms with van der Waals surface area (Å²) >= 11 is 0. The number of urea groups is 1.